The topological polar surface area (TPSA) is 130 Å². The van der Waals surface area contributed by atoms with Gasteiger partial charge in [-0.15, -0.1) is 0 Å². The molecule has 0 aliphatic carbocycles. The van der Waals surface area contributed by atoms with E-state index in [4.69, 9.17) is 11.6 Å². The molecule has 0 radical (unpaired) electrons. The first-order chi connectivity index (χ1) is 15.2. The second-order valence-electron chi connectivity index (χ2n) is 6.94. The van der Waals surface area contributed by atoms with Crippen LogP contribution < -0.4 is 11.2 Å². The molecule has 0 aliphatic heterocycles. The van der Waals surface area contributed by atoms with Crippen molar-refractivity contribution in [1.29, 1.82) is 0 Å². The van der Waals surface area contributed by atoms with Crippen molar-refractivity contribution in [1.82, 2.24) is 19.3 Å². The zero-order valence-electron chi connectivity index (χ0n) is 15.8. The fourth-order valence-corrected chi connectivity index (χ4v) is 5.30. The Morgan fingerprint density at radius 2 is 1.88 bits per heavy atom. The molecule has 0 bridgehead atoms. The minimum Gasteiger partial charge on any atom is -0.421 e. The lowest BCUT2D eigenvalue weighted by Gasteiger charge is -2.11. The van der Waals surface area contributed by atoms with Crippen LogP contribution in [-0.4, -0.2) is 32.9 Å². The largest absolute Gasteiger partial charge is 0.421 e. The van der Waals surface area contributed by atoms with Crippen LogP contribution in [0.5, 0.6) is 0 Å². The van der Waals surface area contributed by atoms with Gasteiger partial charge >= 0.3 is 5.69 Å². The molecule has 0 spiro atoms. The molecule has 5 rings (SSSR count). The molecular weight excluding hydrogens is 463 g/mol. The Bertz CT molecular complexity index is 1770. The van der Waals surface area contributed by atoms with Crippen molar-refractivity contribution in [2.24, 2.45) is 0 Å². The van der Waals surface area contributed by atoms with E-state index < -0.39 is 42.1 Å². The van der Waals surface area contributed by atoms with Crippen LogP contribution in [0.15, 0.2) is 74.4 Å². The van der Waals surface area contributed by atoms with Crippen LogP contribution in [0.1, 0.15) is 0 Å². The van der Waals surface area contributed by atoms with E-state index in [0.29, 0.717) is 11.2 Å². The van der Waals surface area contributed by atoms with Gasteiger partial charge in [0.05, 0.1) is 36.9 Å². The Balaban J connectivity index is 1.82. The van der Waals surface area contributed by atoms with Crippen molar-refractivity contribution in [3.05, 3.63) is 86.7 Å². The smallest absolute Gasteiger partial charge is 0.362 e. The molecular formula is C20H12ClFN4O5S. The number of aromatic nitrogens is 4. The number of halogens is 2. The summed E-state index contributed by atoms with van der Waals surface area (Å²) in [5.41, 5.74) is -1.86. The summed E-state index contributed by atoms with van der Waals surface area (Å²) in [6, 6.07) is 7.67. The maximum Gasteiger partial charge on any atom is 0.362 e. The van der Waals surface area contributed by atoms with Crippen LogP contribution in [-0.2, 0) is 9.84 Å². The van der Waals surface area contributed by atoms with Crippen molar-refractivity contribution < 1.29 is 18.0 Å². The zero-order chi connectivity index (χ0) is 22.8. The van der Waals surface area contributed by atoms with E-state index >= 15 is 0 Å². The summed E-state index contributed by atoms with van der Waals surface area (Å²) in [5, 5.41) is 9.23. The second kappa shape index (κ2) is 6.84. The minimum absolute atomic E-state index is 0.175. The quantitative estimate of drug-likeness (QED) is 0.346. The summed E-state index contributed by atoms with van der Waals surface area (Å²) in [6.07, 6.45) is 4.93. The maximum atomic E-state index is 14.9. The average molecular weight is 475 g/mol. The van der Waals surface area contributed by atoms with Gasteiger partial charge in [0.1, 0.15) is 5.82 Å². The van der Waals surface area contributed by atoms with Crippen molar-refractivity contribution in [2.45, 2.75) is 9.79 Å². The van der Waals surface area contributed by atoms with Gasteiger partial charge in [0.2, 0.25) is 9.84 Å². The number of nitrogens with zero attached hydrogens (tertiary/aromatic N) is 2. The average Bonchev–Trinajstić information content (AvgIpc) is 3.41. The highest BCUT2D eigenvalue weighted by Gasteiger charge is 2.26. The number of nitrogens with one attached hydrogen (secondary N) is 2. The van der Waals surface area contributed by atoms with Crippen molar-refractivity contribution in [2.75, 3.05) is 0 Å². The summed E-state index contributed by atoms with van der Waals surface area (Å²) in [6.45, 7) is 0. The van der Waals surface area contributed by atoms with E-state index in [1.165, 1.54) is 12.1 Å². The van der Waals surface area contributed by atoms with Crippen LogP contribution in [0.2, 0.25) is 5.02 Å². The lowest BCUT2D eigenvalue weighted by molar-refractivity contribution is 0.162. The van der Waals surface area contributed by atoms with Crippen LogP contribution in [0.3, 0.4) is 0 Å². The summed E-state index contributed by atoms with van der Waals surface area (Å²) in [5.74, 6) is -0.764. The van der Waals surface area contributed by atoms with Gasteiger partial charge in [-0.3, -0.25) is 4.79 Å². The number of sulfone groups is 1. The first kappa shape index (κ1) is 20.1. The number of fused-ring (bicyclic) bond motifs is 2. The number of benzene rings is 2. The third-order valence-corrected chi connectivity index (χ3v) is 7.23. The molecule has 3 heterocycles. The summed E-state index contributed by atoms with van der Waals surface area (Å²) in [4.78, 5) is 28.4. The SMILES string of the molecule is O=c1[nH]c2c(S(=O)(=O)c3cc(F)c4ccn(-c5cc[nH]c5)c4c3)ccc(Cl)c2c(=O)n1O. The zero-order valence-corrected chi connectivity index (χ0v) is 17.4. The van der Waals surface area contributed by atoms with Crippen molar-refractivity contribution in [3.63, 3.8) is 0 Å². The molecule has 0 aliphatic rings. The Morgan fingerprint density at radius 1 is 1.09 bits per heavy atom. The van der Waals surface area contributed by atoms with Gasteiger partial charge in [-0.1, -0.05) is 16.3 Å². The third-order valence-electron chi connectivity index (χ3n) is 5.14. The normalized spacial score (nSPS) is 12.1. The first-order valence-electron chi connectivity index (χ1n) is 9.06. The fourth-order valence-electron chi connectivity index (χ4n) is 3.62. The number of H-pyrrole nitrogens is 2. The summed E-state index contributed by atoms with van der Waals surface area (Å²) >= 11 is 6.01. The van der Waals surface area contributed by atoms with Gasteiger partial charge < -0.3 is 19.7 Å². The molecule has 5 aromatic rings. The molecule has 9 nitrogen and oxygen atoms in total. The molecule has 3 aromatic heterocycles. The Labute approximate surface area is 182 Å². The van der Waals surface area contributed by atoms with E-state index in [0.717, 1.165) is 18.2 Å². The van der Waals surface area contributed by atoms with Gasteiger partial charge in [-0.2, -0.15) is 0 Å². The van der Waals surface area contributed by atoms with Crippen LogP contribution in [0.25, 0.3) is 27.5 Å². The Morgan fingerprint density at radius 3 is 2.59 bits per heavy atom. The molecule has 0 saturated heterocycles. The van der Waals surface area contributed by atoms with Gasteiger partial charge in [-0.05, 0) is 36.4 Å². The highest BCUT2D eigenvalue weighted by Crippen LogP contribution is 2.32. The third kappa shape index (κ3) is 2.78. The number of rotatable bonds is 3. The lowest BCUT2D eigenvalue weighted by atomic mass is 10.2. The molecule has 0 atom stereocenters. The molecule has 0 unspecified atom stereocenters. The standard InChI is InChI=1S/C20H12ClFN4O5S/c21-13-1-2-16(18-17(13)19(27)26(29)20(28)24-18)32(30,31)11-7-14(22)12-4-6-25(15(12)8-11)10-3-5-23-9-10/h1-9,23,29H,(H,24,28). The second-order valence-corrected chi connectivity index (χ2v) is 9.26. The molecule has 162 valence electrons. The van der Waals surface area contributed by atoms with Crippen LogP contribution >= 0.6 is 11.6 Å². The molecule has 0 saturated carbocycles. The summed E-state index contributed by atoms with van der Waals surface area (Å²) in [7, 11) is -4.43. The van der Waals surface area contributed by atoms with Crippen LogP contribution in [0, 0.1) is 5.82 Å². The van der Waals surface area contributed by atoms with E-state index in [2.05, 4.69) is 9.97 Å². The van der Waals surface area contributed by atoms with Crippen LogP contribution in [0.4, 0.5) is 4.39 Å². The van der Waals surface area contributed by atoms with Gasteiger partial charge in [-0.25, -0.2) is 17.6 Å². The predicted octanol–water partition coefficient (Wildman–Crippen LogP) is 2.82. The molecule has 2 aromatic carbocycles. The van der Waals surface area contributed by atoms with Gasteiger partial charge in [0.15, 0.2) is 0 Å². The lowest BCUT2D eigenvalue weighted by Crippen LogP contribution is -2.33. The van der Waals surface area contributed by atoms with Gasteiger partial charge in [0.25, 0.3) is 5.56 Å². The van der Waals surface area contributed by atoms with Crippen molar-refractivity contribution >= 4 is 43.2 Å². The number of aromatic amines is 2. The highest BCUT2D eigenvalue weighted by atomic mass is 35.5. The van der Waals surface area contributed by atoms with E-state index in [1.807, 2.05) is 0 Å². The molecule has 3 N–H and O–H groups in total. The molecule has 0 amide bonds. The molecule has 12 heteroatoms. The molecule has 32 heavy (non-hydrogen) atoms. The van der Waals surface area contributed by atoms with E-state index in [1.54, 1.807) is 29.2 Å². The predicted molar refractivity (Wildman–Crippen MR) is 114 cm³/mol. The Hall–Kier alpha value is -3.83. The molecule has 0 fully saturated rings. The van der Waals surface area contributed by atoms with E-state index in [-0.39, 0.29) is 20.7 Å². The van der Waals surface area contributed by atoms with Crippen molar-refractivity contribution in [3.8, 4) is 5.69 Å². The fraction of sp³-hybridized carbons (Fsp3) is 0. The first-order valence-corrected chi connectivity index (χ1v) is 10.9. The van der Waals surface area contributed by atoms with Gasteiger partial charge in [0, 0.05) is 24.0 Å². The minimum atomic E-state index is -4.43. The monoisotopic (exact) mass is 474 g/mol. The Kier molecular flexibility index (Phi) is 4.29. The number of hydrogen-bond acceptors (Lipinski definition) is 5. The number of hydrogen-bond donors (Lipinski definition) is 3. The van der Waals surface area contributed by atoms with E-state index in [9.17, 15) is 27.6 Å². The highest BCUT2D eigenvalue weighted by molar-refractivity contribution is 7.91. The maximum absolute atomic E-state index is 14.9. The summed E-state index contributed by atoms with van der Waals surface area (Å²) < 4.78 is 43.2.